The first-order valence-corrected chi connectivity index (χ1v) is 7.30. The van der Waals surface area contributed by atoms with Crippen molar-refractivity contribution in [3.63, 3.8) is 0 Å². The minimum atomic E-state index is -0.374. The molecule has 6 heteroatoms. The van der Waals surface area contributed by atoms with E-state index in [2.05, 4.69) is 10.5 Å². The van der Waals surface area contributed by atoms with Gasteiger partial charge < -0.3 is 8.83 Å². The quantitative estimate of drug-likeness (QED) is 0.581. The molecule has 1 N–H and O–H groups in total. The normalized spacial score (nSPS) is 11.1. The number of halogens is 1. The van der Waals surface area contributed by atoms with Crippen LogP contribution < -0.4 is 5.43 Å². The van der Waals surface area contributed by atoms with Gasteiger partial charge in [0.25, 0.3) is 5.91 Å². The maximum atomic E-state index is 13.7. The molecule has 0 aliphatic carbocycles. The molecule has 0 aliphatic heterocycles. The van der Waals surface area contributed by atoms with Gasteiger partial charge in [-0.15, -0.1) is 0 Å². The standard InChI is InChI=1S/C18H15FN2O3/c1-11-9-15(12(2)23-11)18(22)21-20-10-13-7-8-17(24-13)14-5-3-4-6-16(14)19/h3-10H,1-2H3,(H,21,22)/b20-10-. The molecule has 1 aromatic carbocycles. The Labute approximate surface area is 137 Å². The fourth-order valence-corrected chi connectivity index (χ4v) is 2.30. The van der Waals surface area contributed by atoms with E-state index in [9.17, 15) is 9.18 Å². The molecule has 5 nitrogen and oxygen atoms in total. The second kappa shape index (κ2) is 6.54. The monoisotopic (exact) mass is 326 g/mol. The van der Waals surface area contributed by atoms with Crippen LogP contribution in [0.25, 0.3) is 11.3 Å². The van der Waals surface area contributed by atoms with E-state index >= 15 is 0 Å². The van der Waals surface area contributed by atoms with Crippen LogP contribution in [0.3, 0.4) is 0 Å². The molecule has 0 fully saturated rings. The number of aryl methyl sites for hydroxylation is 2. The van der Waals surface area contributed by atoms with Crippen LogP contribution in [0.1, 0.15) is 27.6 Å². The largest absolute Gasteiger partial charge is 0.466 e. The van der Waals surface area contributed by atoms with E-state index < -0.39 is 0 Å². The number of nitrogens with zero attached hydrogens (tertiary/aromatic N) is 1. The zero-order valence-corrected chi connectivity index (χ0v) is 13.2. The van der Waals surface area contributed by atoms with Crippen LogP contribution in [0.5, 0.6) is 0 Å². The highest BCUT2D eigenvalue weighted by molar-refractivity contribution is 5.95. The third kappa shape index (κ3) is 3.27. The van der Waals surface area contributed by atoms with Gasteiger partial charge in [0.1, 0.15) is 28.9 Å². The summed E-state index contributed by atoms with van der Waals surface area (Å²) in [4.78, 5) is 12.0. The zero-order valence-electron chi connectivity index (χ0n) is 13.2. The van der Waals surface area contributed by atoms with Crippen molar-refractivity contribution >= 4 is 12.1 Å². The average molecular weight is 326 g/mol. The highest BCUT2D eigenvalue weighted by Crippen LogP contribution is 2.24. The molecule has 3 rings (SSSR count). The highest BCUT2D eigenvalue weighted by atomic mass is 19.1. The molecule has 1 amide bonds. The number of furan rings is 2. The highest BCUT2D eigenvalue weighted by Gasteiger charge is 2.12. The van der Waals surface area contributed by atoms with Crippen molar-refractivity contribution in [1.29, 1.82) is 0 Å². The Bertz CT molecular complexity index is 909. The Morgan fingerprint density at radius 1 is 1.17 bits per heavy atom. The van der Waals surface area contributed by atoms with E-state index in [-0.39, 0.29) is 11.7 Å². The lowest BCUT2D eigenvalue weighted by Crippen LogP contribution is -2.17. The van der Waals surface area contributed by atoms with Gasteiger partial charge in [-0.3, -0.25) is 4.79 Å². The van der Waals surface area contributed by atoms with Crippen LogP contribution in [0.2, 0.25) is 0 Å². The number of hydrogen-bond donors (Lipinski definition) is 1. The maximum Gasteiger partial charge on any atom is 0.274 e. The number of benzene rings is 1. The summed E-state index contributed by atoms with van der Waals surface area (Å²) >= 11 is 0. The van der Waals surface area contributed by atoms with E-state index in [1.807, 2.05) is 0 Å². The van der Waals surface area contributed by atoms with Crippen molar-refractivity contribution in [2.45, 2.75) is 13.8 Å². The average Bonchev–Trinajstić information content (AvgIpc) is 3.14. The number of rotatable bonds is 4. The number of amides is 1. The fraction of sp³-hybridized carbons (Fsp3) is 0.111. The molecular weight excluding hydrogens is 311 g/mol. The van der Waals surface area contributed by atoms with E-state index in [1.165, 1.54) is 12.3 Å². The minimum Gasteiger partial charge on any atom is -0.466 e. The lowest BCUT2D eigenvalue weighted by Gasteiger charge is -1.98. The number of carbonyl (C=O) groups is 1. The molecular formula is C18H15FN2O3. The molecule has 0 bridgehead atoms. The molecule has 2 aromatic heterocycles. The Hall–Kier alpha value is -3.15. The van der Waals surface area contributed by atoms with Gasteiger partial charge in [0.05, 0.1) is 17.3 Å². The molecule has 0 unspecified atom stereocenters. The second-order valence-electron chi connectivity index (χ2n) is 5.21. The van der Waals surface area contributed by atoms with E-state index in [0.29, 0.717) is 34.2 Å². The van der Waals surface area contributed by atoms with Crippen molar-refractivity contribution in [1.82, 2.24) is 5.43 Å². The van der Waals surface area contributed by atoms with Crippen molar-refractivity contribution in [3.8, 4) is 11.3 Å². The summed E-state index contributed by atoms with van der Waals surface area (Å²) < 4.78 is 24.5. The van der Waals surface area contributed by atoms with Crippen LogP contribution in [0.4, 0.5) is 4.39 Å². The molecule has 0 saturated heterocycles. The fourth-order valence-electron chi connectivity index (χ4n) is 2.30. The van der Waals surface area contributed by atoms with Gasteiger partial charge in [-0.1, -0.05) is 12.1 Å². The maximum absolute atomic E-state index is 13.7. The molecule has 0 radical (unpaired) electrons. The summed E-state index contributed by atoms with van der Waals surface area (Å²) in [5.74, 6) is 1.23. The Balaban J connectivity index is 1.69. The Kier molecular flexibility index (Phi) is 4.29. The molecule has 122 valence electrons. The predicted octanol–water partition coefficient (Wildman–Crippen LogP) is 4.06. The zero-order chi connectivity index (χ0) is 17.1. The summed E-state index contributed by atoms with van der Waals surface area (Å²) in [6.07, 6.45) is 1.35. The summed E-state index contributed by atoms with van der Waals surface area (Å²) in [5.41, 5.74) is 3.19. The van der Waals surface area contributed by atoms with E-state index in [1.54, 1.807) is 50.2 Å². The van der Waals surface area contributed by atoms with Gasteiger partial charge in [-0.25, -0.2) is 9.82 Å². The van der Waals surface area contributed by atoms with Crippen LogP contribution in [0.15, 0.2) is 56.4 Å². The van der Waals surface area contributed by atoms with E-state index in [4.69, 9.17) is 8.83 Å². The second-order valence-corrected chi connectivity index (χ2v) is 5.21. The molecule has 2 heterocycles. The third-order valence-corrected chi connectivity index (χ3v) is 3.41. The first-order valence-electron chi connectivity index (χ1n) is 7.30. The lowest BCUT2D eigenvalue weighted by molar-refractivity contribution is 0.0953. The van der Waals surface area contributed by atoms with Gasteiger partial charge in [-0.2, -0.15) is 5.10 Å². The van der Waals surface area contributed by atoms with Crippen molar-refractivity contribution < 1.29 is 18.0 Å². The first-order chi connectivity index (χ1) is 11.5. The summed E-state index contributed by atoms with van der Waals surface area (Å²) in [5, 5.41) is 3.84. The van der Waals surface area contributed by atoms with Crippen molar-refractivity contribution in [2.24, 2.45) is 5.10 Å². The van der Waals surface area contributed by atoms with Gasteiger partial charge in [0.15, 0.2) is 0 Å². The molecule has 0 saturated carbocycles. The van der Waals surface area contributed by atoms with Crippen LogP contribution in [0, 0.1) is 19.7 Å². The van der Waals surface area contributed by atoms with Crippen LogP contribution >= 0.6 is 0 Å². The summed E-state index contributed by atoms with van der Waals surface area (Å²) in [7, 11) is 0. The number of nitrogens with one attached hydrogen (secondary N) is 1. The smallest absolute Gasteiger partial charge is 0.274 e. The predicted molar refractivity (Wildman–Crippen MR) is 87.3 cm³/mol. The lowest BCUT2D eigenvalue weighted by atomic mass is 10.1. The molecule has 24 heavy (non-hydrogen) atoms. The number of carbonyl (C=O) groups excluding carboxylic acids is 1. The number of hydrogen-bond acceptors (Lipinski definition) is 4. The molecule has 0 aliphatic rings. The van der Waals surface area contributed by atoms with Crippen LogP contribution in [-0.4, -0.2) is 12.1 Å². The SMILES string of the molecule is Cc1cc(C(=O)N/N=C\c2ccc(-c3ccccc3F)o2)c(C)o1. The van der Waals surface area contributed by atoms with Gasteiger partial charge in [0, 0.05) is 0 Å². The van der Waals surface area contributed by atoms with Crippen molar-refractivity contribution in [2.75, 3.05) is 0 Å². The number of hydrazone groups is 1. The molecule has 0 spiro atoms. The van der Waals surface area contributed by atoms with Crippen LogP contribution in [-0.2, 0) is 0 Å². The topological polar surface area (TPSA) is 67.7 Å². The molecule has 0 atom stereocenters. The van der Waals surface area contributed by atoms with Crippen molar-refractivity contribution in [3.05, 3.63) is 71.1 Å². The first kappa shape index (κ1) is 15.7. The molecule has 3 aromatic rings. The summed E-state index contributed by atoms with van der Waals surface area (Å²) in [6.45, 7) is 3.47. The Morgan fingerprint density at radius 2 is 1.96 bits per heavy atom. The summed E-state index contributed by atoms with van der Waals surface area (Å²) in [6, 6.07) is 11.3. The van der Waals surface area contributed by atoms with Gasteiger partial charge >= 0.3 is 0 Å². The van der Waals surface area contributed by atoms with Gasteiger partial charge in [-0.05, 0) is 44.2 Å². The van der Waals surface area contributed by atoms with Gasteiger partial charge in [0.2, 0.25) is 0 Å². The Morgan fingerprint density at radius 3 is 2.67 bits per heavy atom. The minimum absolute atomic E-state index is 0.366. The van der Waals surface area contributed by atoms with E-state index in [0.717, 1.165) is 0 Å². The third-order valence-electron chi connectivity index (χ3n) is 3.41.